The zero-order valence-electron chi connectivity index (χ0n) is 6.87. The van der Waals surface area contributed by atoms with Crippen molar-refractivity contribution in [2.24, 2.45) is 11.8 Å². The molecule has 1 rings (SSSR count). The Morgan fingerprint density at radius 3 is 2.27 bits per heavy atom. The van der Waals surface area contributed by atoms with E-state index in [1.165, 1.54) is 0 Å². The molecule has 0 amide bonds. The summed E-state index contributed by atoms with van der Waals surface area (Å²) in [4.78, 5) is 10.6. The number of aliphatic carboxylic acids is 1. The highest BCUT2D eigenvalue weighted by Crippen LogP contribution is 2.39. The van der Waals surface area contributed by atoms with Crippen LogP contribution in [0, 0.1) is 11.8 Å². The van der Waals surface area contributed by atoms with E-state index in [2.05, 4.69) is 0 Å². The molecule has 1 aliphatic carbocycles. The molecule has 2 unspecified atom stereocenters. The maximum atomic E-state index is 10.6. The second-order valence-corrected chi connectivity index (χ2v) is 3.53. The van der Waals surface area contributed by atoms with E-state index >= 15 is 0 Å². The molecule has 0 bridgehead atoms. The quantitative estimate of drug-likeness (QED) is 0.595. The summed E-state index contributed by atoms with van der Waals surface area (Å²) in [5, 5.41) is 18.3. The van der Waals surface area contributed by atoms with E-state index in [1.54, 1.807) is 6.92 Å². The Morgan fingerprint density at radius 2 is 2.09 bits per heavy atom. The highest BCUT2D eigenvalue weighted by Gasteiger charge is 2.48. The van der Waals surface area contributed by atoms with Gasteiger partial charge >= 0.3 is 5.97 Å². The molecule has 3 atom stereocenters. The lowest BCUT2D eigenvalue weighted by Crippen LogP contribution is -2.41. The first-order valence-electron chi connectivity index (χ1n) is 3.94. The number of rotatable bonds is 1. The van der Waals surface area contributed by atoms with Crippen molar-refractivity contribution in [1.82, 2.24) is 0 Å². The van der Waals surface area contributed by atoms with Gasteiger partial charge in [-0.1, -0.05) is 13.8 Å². The Balaban J connectivity index is 2.81. The first kappa shape index (κ1) is 8.53. The molecule has 0 aliphatic heterocycles. The summed E-state index contributed by atoms with van der Waals surface area (Å²) in [5.74, 6) is -0.884. The van der Waals surface area contributed by atoms with Gasteiger partial charge in [0.15, 0.2) is 5.60 Å². The Hall–Kier alpha value is -0.570. The van der Waals surface area contributed by atoms with Gasteiger partial charge in [0.2, 0.25) is 0 Å². The van der Waals surface area contributed by atoms with Gasteiger partial charge < -0.3 is 10.2 Å². The lowest BCUT2D eigenvalue weighted by Gasteiger charge is -2.23. The molecule has 0 radical (unpaired) electrons. The molecule has 11 heavy (non-hydrogen) atoms. The van der Waals surface area contributed by atoms with Crippen molar-refractivity contribution in [2.75, 3.05) is 0 Å². The van der Waals surface area contributed by atoms with Gasteiger partial charge in [0.25, 0.3) is 0 Å². The highest BCUT2D eigenvalue weighted by atomic mass is 16.4. The van der Waals surface area contributed by atoms with Crippen LogP contribution < -0.4 is 0 Å². The van der Waals surface area contributed by atoms with E-state index in [1.807, 2.05) is 6.92 Å². The van der Waals surface area contributed by atoms with Crippen molar-refractivity contribution in [3.8, 4) is 0 Å². The van der Waals surface area contributed by atoms with Gasteiger partial charge in [-0.25, -0.2) is 4.79 Å². The fourth-order valence-electron chi connectivity index (χ4n) is 1.70. The Labute approximate surface area is 66.0 Å². The molecule has 1 saturated carbocycles. The third-order valence-electron chi connectivity index (χ3n) is 2.96. The minimum absolute atomic E-state index is 0.125. The van der Waals surface area contributed by atoms with Gasteiger partial charge in [-0.3, -0.25) is 0 Å². The molecule has 0 heterocycles. The maximum absolute atomic E-state index is 10.6. The fraction of sp³-hybridized carbons (Fsp3) is 0.875. The molecule has 64 valence electrons. The van der Waals surface area contributed by atoms with Crippen molar-refractivity contribution in [3.63, 3.8) is 0 Å². The molecule has 0 saturated heterocycles. The van der Waals surface area contributed by atoms with Crippen LogP contribution in [0.15, 0.2) is 0 Å². The topological polar surface area (TPSA) is 57.5 Å². The molecule has 0 aromatic rings. The number of hydrogen-bond donors (Lipinski definition) is 2. The van der Waals surface area contributed by atoms with E-state index in [0.29, 0.717) is 12.3 Å². The minimum atomic E-state index is -1.46. The monoisotopic (exact) mass is 158 g/mol. The number of aliphatic hydroxyl groups is 1. The predicted molar refractivity (Wildman–Crippen MR) is 40.1 cm³/mol. The molecule has 3 nitrogen and oxygen atoms in total. The minimum Gasteiger partial charge on any atom is -0.479 e. The SMILES string of the molecule is CC1CC[C@](O)(C(=O)O)C1C. The number of carboxylic acid groups (broad SMARTS) is 1. The van der Waals surface area contributed by atoms with Crippen molar-refractivity contribution in [3.05, 3.63) is 0 Å². The molecule has 0 aromatic carbocycles. The summed E-state index contributed by atoms with van der Waals surface area (Å²) >= 11 is 0. The molecule has 0 aromatic heterocycles. The second-order valence-electron chi connectivity index (χ2n) is 3.53. The van der Waals surface area contributed by atoms with Crippen molar-refractivity contribution < 1.29 is 15.0 Å². The van der Waals surface area contributed by atoms with Crippen LogP contribution in [0.2, 0.25) is 0 Å². The molecule has 3 heteroatoms. The first-order valence-corrected chi connectivity index (χ1v) is 3.94. The van der Waals surface area contributed by atoms with E-state index < -0.39 is 11.6 Å². The zero-order chi connectivity index (χ0) is 8.65. The average Bonchev–Trinajstić information content (AvgIpc) is 2.18. The molecule has 0 spiro atoms. The molecule has 2 N–H and O–H groups in total. The summed E-state index contributed by atoms with van der Waals surface area (Å²) < 4.78 is 0. The van der Waals surface area contributed by atoms with Crippen LogP contribution in [0.4, 0.5) is 0 Å². The van der Waals surface area contributed by atoms with Crippen LogP contribution in [0.5, 0.6) is 0 Å². The summed E-state index contributed by atoms with van der Waals surface area (Å²) in [7, 11) is 0. The summed E-state index contributed by atoms with van der Waals surface area (Å²) in [6.07, 6.45) is 1.20. The van der Waals surface area contributed by atoms with Gasteiger partial charge in [0, 0.05) is 0 Å². The smallest absolute Gasteiger partial charge is 0.335 e. The normalized spacial score (nSPS) is 44.3. The molecular weight excluding hydrogens is 144 g/mol. The van der Waals surface area contributed by atoms with Crippen LogP contribution in [0.3, 0.4) is 0 Å². The van der Waals surface area contributed by atoms with E-state index in [9.17, 15) is 9.90 Å². The highest BCUT2D eigenvalue weighted by molar-refractivity contribution is 5.78. The number of hydrogen-bond acceptors (Lipinski definition) is 2. The van der Waals surface area contributed by atoms with Crippen molar-refractivity contribution >= 4 is 5.97 Å². The van der Waals surface area contributed by atoms with Gasteiger partial charge in [-0.2, -0.15) is 0 Å². The van der Waals surface area contributed by atoms with Crippen LogP contribution in [-0.4, -0.2) is 21.8 Å². The summed E-state index contributed by atoms with van der Waals surface area (Å²) in [6.45, 7) is 3.78. The van der Waals surface area contributed by atoms with Gasteiger partial charge in [-0.15, -0.1) is 0 Å². The van der Waals surface area contributed by atoms with Crippen molar-refractivity contribution in [1.29, 1.82) is 0 Å². The Bertz CT molecular complexity index is 178. The van der Waals surface area contributed by atoms with Gasteiger partial charge in [0.05, 0.1) is 0 Å². The van der Waals surface area contributed by atoms with Crippen LogP contribution in [0.25, 0.3) is 0 Å². The average molecular weight is 158 g/mol. The third kappa shape index (κ3) is 1.13. The number of carboxylic acids is 1. The largest absolute Gasteiger partial charge is 0.479 e. The lowest BCUT2D eigenvalue weighted by molar-refractivity contribution is -0.162. The zero-order valence-corrected chi connectivity index (χ0v) is 6.87. The fourth-order valence-corrected chi connectivity index (χ4v) is 1.70. The second kappa shape index (κ2) is 2.48. The van der Waals surface area contributed by atoms with Crippen LogP contribution >= 0.6 is 0 Å². The Morgan fingerprint density at radius 1 is 1.55 bits per heavy atom. The molecule has 1 fully saturated rings. The predicted octanol–water partition coefficient (Wildman–Crippen LogP) is 0.868. The van der Waals surface area contributed by atoms with E-state index in [0.717, 1.165) is 6.42 Å². The third-order valence-corrected chi connectivity index (χ3v) is 2.96. The Kier molecular flexibility index (Phi) is 1.92. The van der Waals surface area contributed by atoms with Crippen LogP contribution in [-0.2, 0) is 4.79 Å². The van der Waals surface area contributed by atoms with E-state index in [-0.39, 0.29) is 5.92 Å². The standard InChI is InChI=1S/C8H14O3/c1-5-3-4-8(11,6(5)2)7(9)10/h5-6,11H,3-4H2,1-2H3,(H,9,10)/t5?,6?,8-/m1/s1. The molecule has 1 aliphatic rings. The van der Waals surface area contributed by atoms with Crippen molar-refractivity contribution in [2.45, 2.75) is 32.3 Å². The lowest BCUT2D eigenvalue weighted by atomic mass is 9.88. The number of carbonyl (C=O) groups is 1. The summed E-state index contributed by atoms with van der Waals surface area (Å²) in [5.41, 5.74) is -1.46. The maximum Gasteiger partial charge on any atom is 0.335 e. The van der Waals surface area contributed by atoms with Gasteiger partial charge in [0.1, 0.15) is 0 Å². The van der Waals surface area contributed by atoms with Gasteiger partial charge in [-0.05, 0) is 24.7 Å². The first-order chi connectivity index (χ1) is 4.98. The summed E-state index contributed by atoms with van der Waals surface area (Å²) in [6, 6.07) is 0. The molecular formula is C8H14O3. The van der Waals surface area contributed by atoms with Crippen LogP contribution in [0.1, 0.15) is 26.7 Å². The van der Waals surface area contributed by atoms with E-state index in [4.69, 9.17) is 5.11 Å².